The summed E-state index contributed by atoms with van der Waals surface area (Å²) in [5.41, 5.74) is 6.83. The molecular weight excluding hydrogens is 379 g/mol. The lowest BCUT2D eigenvalue weighted by Crippen LogP contribution is -2.20. The standard InChI is InChI=1S/C14H11BrCl2N2O2/c15-9-6-8(18)4-5-12(9)19-13(20)7-21-14-10(16)2-1-3-11(14)17/h1-6H,7,18H2,(H,19,20). The van der Waals surface area contributed by atoms with Crippen molar-refractivity contribution < 1.29 is 9.53 Å². The molecule has 1 amide bonds. The molecule has 0 aliphatic carbocycles. The van der Waals surface area contributed by atoms with E-state index in [1.807, 2.05) is 0 Å². The van der Waals surface area contributed by atoms with Gasteiger partial charge in [0.05, 0.1) is 15.7 Å². The van der Waals surface area contributed by atoms with Crippen molar-refractivity contribution in [3.05, 3.63) is 50.9 Å². The first-order chi connectivity index (χ1) is 9.97. The molecule has 0 bridgehead atoms. The Balaban J connectivity index is 1.99. The van der Waals surface area contributed by atoms with Gasteiger partial charge in [0.2, 0.25) is 0 Å². The topological polar surface area (TPSA) is 64.3 Å². The Labute approximate surface area is 140 Å². The Kier molecular flexibility index (Phi) is 5.33. The SMILES string of the molecule is Nc1ccc(NC(=O)COc2c(Cl)cccc2Cl)c(Br)c1. The zero-order chi connectivity index (χ0) is 15.4. The van der Waals surface area contributed by atoms with Crippen molar-refractivity contribution in [2.24, 2.45) is 0 Å². The van der Waals surface area contributed by atoms with Crippen molar-refractivity contribution in [1.82, 2.24) is 0 Å². The van der Waals surface area contributed by atoms with E-state index in [9.17, 15) is 4.79 Å². The van der Waals surface area contributed by atoms with Gasteiger partial charge in [-0.25, -0.2) is 0 Å². The molecule has 0 spiro atoms. The van der Waals surface area contributed by atoms with Crippen LogP contribution in [0.2, 0.25) is 10.0 Å². The number of hydrogen-bond acceptors (Lipinski definition) is 3. The molecule has 2 aromatic rings. The van der Waals surface area contributed by atoms with Gasteiger partial charge in [0.25, 0.3) is 5.91 Å². The first-order valence-corrected chi connectivity index (χ1v) is 7.44. The van der Waals surface area contributed by atoms with E-state index in [4.69, 9.17) is 33.7 Å². The second kappa shape index (κ2) is 7.02. The summed E-state index contributed by atoms with van der Waals surface area (Å²) in [6.45, 7) is -0.208. The highest BCUT2D eigenvalue weighted by molar-refractivity contribution is 9.10. The molecule has 0 radical (unpaired) electrons. The molecule has 0 aromatic heterocycles. The molecule has 0 unspecified atom stereocenters. The van der Waals surface area contributed by atoms with Crippen molar-refractivity contribution >= 4 is 56.4 Å². The lowest BCUT2D eigenvalue weighted by Gasteiger charge is -2.11. The molecule has 4 nitrogen and oxygen atoms in total. The summed E-state index contributed by atoms with van der Waals surface area (Å²) in [4.78, 5) is 11.9. The van der Waals surface area contributed by atoms with E-state index in [-0.39, 0.29) is 18.3 Å². The number of nitrogens with two attached hydrogens (primary N) is 1. The molecule has 0 atom stereocenters. The van der Waals surface area contributed by atoms with E-state index >= 15 is 0 Å². The van der Waals surface area contributed by atoms with Gasteiger partial charge in [0.15, 0.2) is 12.4 Å². The molecule has 21 heavy (non-hydrogen) atoms. The normalized spacial score (nSPS) is 10.2. The summed E-state index contributed by atoms with van der Waals surface area (Å²) in [5, 5.41) is 3.40. The Bertz CT molecular complexity index is 660. The van der Waals surface area contributed by atoms with E-state index in [2.05, 4.69) is 21.2 Å². The fourth-order valence-electron chi connectivity index (χ4n) is 1.58. The fourth-order valence-corrected chi connectivity index (χ4v) is 2.58. The molecule has 0 fully saturated rings. The number of benzene rings is 2. The molecular formula is C14H11BrCl2N2O2. The zero-order valence-corrected chi connectivity index (χ0v) is 13.8. The minimum atomic E-state index is -0.337. The lowest BCUT2D eigenvalue weighted by molar-refractivity contribution is -0.118. The first kappa shape index (κ1) is 15.9. The Morgan fingerprint density at radius 3 is 2.52 bits per heavy atom. The van der Waals surface area contributed by atoms with Crippen molar-refractivity contribution in [1.29, 1.82) is 0 Å². The highest BCUT2D eigenvalue weighted by Gasteiger charge is 2.10. The van der Waals surface area contributed by atoms with Crippen LogP contribution in [0.1, 0.15) is 0 Å². The molecule has 3 N–H and O–H groups in total. The first-order valence-electron chi connectivity index (χ1n) is 5.89. The number of carbonyl (C=O) groups is 1. The second-order valence-electron chi connectivity index (χ2n) is 4.13. The van der Waals surface area contributed by atoms with Gasteiger partial charge in [-0.15, -0.1) is 0 Å². The molecule has 0 saturated carbocycles. The zero-order valence-electron chi connectivity index (χ0n) is 10.7. The highest BCUT2D eigenvalue weighted by atomic mass is 79.9. The van der Waals surface area contributed by atoms with Crippen LogP contribution < -0.4 is 15.8 Å². The number of hydrogen-bond donors (Lipinski definition) is 2. The maximum absolute atomic E-state index is 11.9. The van der Waals surface area contributed by atoms with Crippen LogP contribution in [0.4, 0.5) is 11.4 Å². The van der Waals surface area contributed by atoms with Crippen LogP contribution >= 0.6 is 39.1 Å². The maximum atomic E-state index is 11.9. The Morgan fingerprint density at radius 1 is 1.24 bits per heavy atom. The van der Waals surface area contributed by atoms with Gasteiger partial charge in [-0.1, -0.05) is 29.3 Å². The molecule has 110 valence electrons. The summed E-state index contributed by atoms with van der Waals surface area (Å²) in [6, 6.07) is 10.0. The van der Waals surface area contributed by atoms with Crippen LogP contribution in [0.15, 0.2) is 40.9 Å². The van der Waals surface area contributed by atoms with Crippen molar-refractivity contribution in [3.63, 3.8) is 0 Å². The van der Waals surface area contributed by atoms with Crippen LogP contribution in [0.5, 0.6) is 5.75 Å². The van der Waals surface area contributed by atoms with E-state index in [0.29, 0.717) is 25.9 Å². The summed E-state index contributed by atoms with van der Waals surface area (Å²) >= 11 is 15.2. The summed E-state index contributed by atoms with van der Waals surface area (Å²) in [6.07, 6.45) is 0. The molecule has 0 aliphatic heterocycles. The van der Waals surface area contributed by atoms with E-state index in [1.165, 1.54) is 0 Å². The van der Waals surface area contributed by atoms with Gasteiger partial charge in [0.1, 0.15) is 0 Å². The van der Waals surface area contributed by atoms with E-state index in [0.717, 1.165) is 0 Å². The van der Waals surface area contributed by atoms with Gasteiger partial charge in [-0.05, 0) is 46.3 Å². The van der Waals surface area contributed by atoms with Crippen molar-refractivity contribution in [2.45, 2.75) is 0 Å². The summed E-state index contributed by atoms with van der Waals surface area (Å²) in [5.74, 6) is -0.0520. The summed E-state index contributed by atoms with van der Waals surface area (Å²) < 4.78 is 6.04. The smallest absolute Gasteiger partial charge is 0.262 e. The van der Waals surface area contributed by atoms with Gasteiger partial charge in [-0.3, -0.25) is 4.79 Å². The number of carbonyl (C=O) groups excluding carboxylic acids is 1. The van der Waals surface area contributed by atoms with Gasteiger partial charge in [-0.2, -0.15) is 0 Å². The van der Waals surface area contributed by atoms with E-state index < -0.39 is 0 Å². The summed E-state index contributed by atoms with van der Waals surface area (Å²) in [7, 11) is 0. The quantitative estimate of drug-likeness (QED) is 0.763. The number of anilines is 2. The minimum Gasteiger partial charge on any atom is -0.481 e. The molecule has 2 rings (SSSR count). The molecule has 0 heterocycles. The lowest BCUT2D eigenvalue weighted by atomic mass is 10.3. The Morgan fingerprint density at radius 2 is 1.90 bits per heavy atom. The van der Waals surface area contributed by atoms with Crippen molar-refractivity contribution in [3.8, 4) is 5.75 Å². The third-order valence-electron chi connectivity index (χ3n) is 2.53. The number of nitrogen functional groups attached to an aromatic ring is 1. The molecule has 0 aliphatic rings. The predicted octanol–water partition coefficient (Wildman–Crippen LogP) is 4.36. The largest absolute Gasteiger partial charge is 0.481 e. The number of para-hydroxylation sites is 1. The molecule has 0 saturated heterocycles. The number of ether oxygens (including phenoxy) is 1. The minimum absolute atomic E-state index is 0.208. The monoisotopic (exact) mass is 388 g/mol. The van der Waals surface area contributed by atoms with Gasteiger partial charge in [0, 0.05) is 10.2 Å². The van der Waals surface area contributed by atoms with E-state index in [1.54, 1.807) is 36.4 Å². The van der Waals surface area contributed by atoms with Crippen LogP contribution in [-0.2, 0) is 4.79 Å². The van der Waals surface area contributed by atoms with Gasteiger partial charge >= 0.3 is 0 Å². The average molecular weight is 390 g/mol. The third-order valence-corrected chi connectivity index (χ3v) is 3.79. The third kappa shape index (κ3) is 4.27. The number of amides is 1. The molecule has 7 heteroatoms. The van der Waals surface area contributed by atoms with Crippen LogP contribution in [-0.4, -0.2) is 12.5 Å². The van der Waals surface area contributed by atoms with Crippen molar-refractivity contribution in [2.75, 3.05) is 17.7 Å². The predicted molar refractivity (Wildman–Crippen MR) is 89.1 cm³/mol. The van der Waals surface area contributed by atoms with Gasteiger partial charge < -0.3 is 15.8 Å². The highest BCUT2D eigenvalue weighted by Crippen LogP contribution is 2.32. The van der Waals surface area contributed by atoms with Crippen LogP contribution in [0, 0.1) is 0 Å². The maximum Gasteiger partial charge on any atom is 0.262 e. The number of halogens is 3. The van der Waals surface area contributed by atoms with Crippen LogP contribution in [0.3, 0.4) is 0 Å². The van der Waals surface area contributed by atoms with Crippen LogP contribution in [0.25, 0.3) is 0 Å². The number of nitrogens with one attached hydrogen (secondary N) is 1. The second-order valence-corrected chi connectivity index (χ2v) is 5.80. The average Bonchev–Trinajstić information content (AvgIpc) is 2.41. The fraction of sp³-hybridized carbons (Fsp3) is 0.0714. The number of rotatable bonds is 4. The Hall–Kier alpha value is -1.43. The molecule has 2 aromatic carbocycles.